The minimum atomic E-state index is -2.38. The van der Waals surface area contributed by atoms with Gasteiger partial charge in [0.1, 0.15) is 0 Å². The van der Waals surface area contributed by atoms with Crippen molar-refractivity contribution in [2.75, 3.05) is 0 Å². The lowest BCUT2D eigenvalue weighted by atomic mass is 9.72. The van der Waals surface area contributed by atoms with Crippen LogP contribution in [0.1, 0.15) is 75.8 Å². The Kier molecular flexibility index (Phi) is 8.18. The maximum Gasteiger partial charge on any atom is 0.199 e. The van der Waals surface area contributed by atoms with Crippen LogP contribution in [-0.4, -0.2) is 19.6 Å². The van der Waals surface area contributed by atoms with Gasteiger partial charge in [-0.15, -0.1) is 0 Å². The average molecular weight is 549 g/mol. The van der Waals surface area contributed by atoms with E-state index in [-0.39, 0.29) is 10.8 Å². The van der Waals surface area contributed by atoms with Crippen molar-refractivity contribution in [1.29, 1.82) is 0 Å². The molecule has 0 amide bonds. The molecule has 38 heavy (non-hydrogen) atoms. The maximum absolute atomic E-state index is 11.1. The molecule has 0 fully saturated rings. The van der Waals surface area contributed by atoms with E-state index in [9.17, 15) is 19.6 Å². The zero-order chi connectivity index (χ0) is 27.9. The van der Waals surface area contributed by atoms with E-state index < -0.39 is 21.9 Å². The predicted octanol–water partition coefficient (Wildman–Crippen LogP) is 7.27. The van der Waals surface area contributed by atoms with E-state index >= 15 is 0 Å². The van der Waals surface area contributed by atoms with Gasteiger partial charge in [-0.2, -0.15) is 0 Å². The minimum Gasteiger partial charge on any atom is -0.349 e. The van der Waals surface area contributed by atoms with Crippen LogP contribution in [0.3, 0.4) is 0 Å². The van der Waals surface area contributed by atoms with E-state index in [2.05, 4.69) is 65.8 Å². The van der Waals surface area contributed by atoms with Crippen molar-refractivity contribution in [2.45, 2.75) is 63.9 Å². The van der Waals surface area contributed by atoms with Gasteiger partial charge in [-0.25, -0.2) is 0 Å². The normalized spacial score (nSPS) is 18.5. The van der Waals surface area contributed by atoms with Gasteiger partial charge < -0.3 is 19.6 Å². The summed E-state index contributed by atoms with van der Waals surface area (Å²) in [6, 6.07) is 23.8. The van der Waals surface area contributed by atoms with Crippen molar-refractivity contribution in [3.8, 4) is 0 Å². The molecule has 3 aromatic rings. The second-order valence-corrected chi connectivity index (χ2v) is 14.5. The van der Waals surface area contributed by atoms with Crippen LogP contribution in [0.25, 0.3) is 11.1 Å². The second-order valence-electron chi connectivity index (χ2n) is 12.0. The number of hydrogen-bond acceptors (Lipinski definition) is 4. The molecule has 0 aromatic heterocycles. The number of hydrogen-bond donors (Lipinski definition) is 4. The highest BCUT2D eigenvalue weighted by Gasteiger charge is 2.44. The molecule has 0 spiro atoms. The first-order valence-corrected chi connectivity index (χ1v) is 15.3. The number of benzene rings is 3. The van der Waals surface area contributed by atoms with Gasteiger partial charge in [0.05, 0.1) is 5.16 Å². The van der Waals surface area contributed by atoms with E-state index in [0.717, 1.165) is 33.4 Å². The van der Waals surface area contributed by atoms with Gasteiger partial charge in [-0.05, 0) is 68.3 Å². The highest BCUT2D eigenvalue weighted by Crippen LogP contribution is 2.60. The Morgan fingerprint density at radius 1 is 0.684 bits per heavy atom. The fraction of sp³-hybridized carbons (Fsp3) is 0.312. The van der Waals surface area contributed by atoms with Crippen LogP contribution in [0.15, 0.2) is 84.9 Å². The summed E-state index contributed by atoms with van der Waals surface area (Å²) in [5.41, 5.74) is 6.98. The number of rotatable bonds is 5. The third-order valence-corrected chi connectivity index (χ3v) is 9.35. The lowest BCUT2D eigenvalue weighted by molar-refractivity contribution is 0.441. The van der Waals surface area contributed by atoms with Gasteiger partial charge >= 0.3 is 0 Å². The summed E-state index contributed by atoms with van der Waals surface area (Å²) in [7, 11) is -4.55. The van der Waals surface area contributed by atoms with Gasteiger partial charge in [0.2, 0.25) is 0 Å². The lowest BCUT2D eigenvalue weighted by Crippen LogP contribution is -2.29. The van der Waals surface area contributed by atoms with E-state index in [1.54, 1.807) is 12.1 Å². The van der Waals surface area contributed by atoms with Crippen LogP contribution < -0.4 is 5.30 Å². The molecule has 0 saturated carbocycles. The van der Waals surface area contributed by atoms with Crippen LogP contribution in [-0.2, 0) is 16.0 Å². The zero-order valence-electron chi connectivity index (χ0n) is 23.0. The molecular weight excluding hydrogens is 510 g/mol. The van der Waals surface area contributed by atoms with Crippen molar-refractivity contribution >= 4 is 33.2 Å². The highest BCUT2D eigenvalue weighted by atomic mass is 31.2. The fourth-order valence-electron chi connectivity index (χ4n) is 5.38. The van der Waals surface area contributed by atoms with Crippen molar-refractivity contribution in [3.05, 3.63) is 113 Å². The topological polar surface area (TPSA) is 80.9 Å². The van der Waals surface area contributed by atoms with E-state index in [4.69, 9.17) is 0 Å². The molecule has 3 aromatic carbocycles. The van der Waals surface area contributed by atoms with Gasteiger partial charge in [0, 0.05) is 5.30 Å². The molecule has 4 rings (SSSR count). The Labute approximate surface area is 229 Å². The predicted molar refractivity (Wildman–Crippen MR) is 161 cm³/mol. The first-order valence-electron chi connectivity index (χ1n) is 12.8. The summed E-state index contributed by atoms with van der Waals surface area (Å²) in [4.78, 5) is 41.6. The molecule has 1 unspecified atom stereocenters. The quantitative estimate of drug-likeness (QED) is 0.253. The molecule has 1 atom stereocenters. The monoisotopic (exact) mass is 548 g/mol. The first-order chi connectivity index (χ1) is 17.8. The van der Waals surface area contributed by atoms with Crippen LogP contribution in [0.4, 0.5) is 0 Å². The molecule has 1 aliphatic carbocycles. The van der Waals surface area contributed by atoms with Gasteiger partial charge in [-0.1, -0.05) is 114 Å². The lowest BCUT2D eigenvalue weighted by Gasteiger charge is -2.40. The molecule has 0 aliphatic heterocycles. The Bertz CT molecular complexity index is 1360. The molecule has 6 heteroatoms. The van der Waals surface area contributed by atoms with Crippen molar-refractivity contribution in [3.63, 3.8) is 0 Å². The van der Waals surface area contributed by atoms with Gasteiger partial charge in [-0.3, -0.25) is 0 Å². The Balaban J connectivity index is 2.01. The third-order valence-electron chi connectivity index (χ3n) is 7.32. The van der Waals surface area contributed by atoms with Gasteiger partial charge in [0.25, 0.3) is 0 Å². The summed E-state index contributed by atoms with van der Waals surface area (Å²) in [5, 5.41) is -0.489. The maximum atomic E-state index is 11.1. The van der Waals surface area contributed by atoms with E-state index in [1.165, 1.54) is 5.56 Å². The molecule has 0 bridgehead atoms. The van der Waals surface area contributed by atoms with Crippen molar-refractivity contribution < 1.29 is 19.6 Å². The summed E-state index contributed by atoms with van der Waals surface area (Å²) in [6.07, 6.45) is 4.42. The van der Waals surface area contributed by atoms with Crippen LogP contribution in [0.2, 0.25) is 0 Å². The second kappa shape index (κ2) is 10.8. The summed E-state index contributed by atoms with van der Waals surface area (Å²) < 4.78 is 0. The fourth-order valence-corrected chi connectivity index (χ4v) is 6.71. The van der Waals surface area contributed by atoms with Crippen molar-refractivity contribution in [2.24, 2.45) is 0 Å². The Hall–Kier alpha value is -2.16. The molecule has 0 radical (unpaired) electrons. The molecule has 4 N–H and O–H groups in total. The van der Waals surface area contributed by atoms with Crippen molar-refractivity contribution in [1.82, 2.24) is 0 Å². The van der Waals surface area contributed by atoms with E-state index in [0.29, 0.717) is 11.7 Å². The third kappa shape index (κ3) is 5.58. The molecule has 0 heterocycles. The van der Waals surface area contributed by atoms with Crippen LogP contribution >= 0.6 is 16.8 Å². The largest absolute Gasteiger partial charge is 0.349 e. The number of allylic oxidation sites excluding steroid dienone is 4. The van der Waals surface area contributed by atoms with E-state index in [1.807, 2.05) is 48.6 Å². The Morgan fingerprint density at radius 3 is 1.79 bits per heavy atom. The minimum absolute atomic E-state index is 0.127. The molecular formula is C32H38O4P2. The summed E-state index contributed by atoms with van der Waals surface area (Å²) in [6.45, 7) is 13.0. The molecule has 4 nitrogen and oxygen atoms in total. The first kappa shape index (κ1) is 28.8. The zero-order valence-corrected chi connectivity index (χ0v) is 24.8. The molecule has 0 saturated heterocycles. The standard InChI is InChI=1S/C32H38O4P2/c1-30(2,3)27-12-8-7-11-25(27)26-21-32(38(35)36,29-14-10-9-13-28(29)31(4,5)6)20-19-24(26)22-15-17-23(18-16-22)37(33)34/h7-20,33-36H,21H2,1-6H3. The SMILES string of the molecule is CC(C)(C)c1ccccc1C1=C(c2ccc(P(O)O)cc2)C=CC(c2ccccc2C(C)(C)C)(P(O)O)C1. The summed E-state index contributed by atoms with van der Waals surface area (Å²) >= 11 is 0. The van der Waals surface area contributed by atoms with Crippen LogP contribution in [0, 0.1) is 0 Å². The van der Waals surface area contributed by atoms with Crippen LogP contribution in [0.5, 0.6) is 0 Å². The van der Waals surface area contributed by atoms with Gasteiger partial charge in [0.15, 0.2) is 16.8 Å². The molecule has 200 valence electrons. The Morgan fingerprint density at radius 2 is 1.24 bits per heavy atom. The average Bonchev–Trinajstić information content (AvgIpc) is 2.87. The highest BCUT2D eigenvalue weighted by molar-refractivity contribution is 7.54. The molecule has 1 aliphatic rings. The smallest absolute Gasteiger partial charge is 0.199 e. The summed E-state index contributed by atoms with van der Waals surface area (Å²) in [5.74, 6) is 0.